The molecule has 0 unspecified atom stereocenters. The van der Waals surface area contributed by atoms with Crippen LogP contribution in [0.2, 0.25) is 0 Å². The van der Waals surface area contributed by atoms with Gasteiger partial charge in [0.15, 0.2) is 17.3 Å². The van der Waals surface area contributed by atoms with Crippen LogP contribution in [0.1, 0.15) is 26.5 Å². The molecule has 1 amide bonds. The van der Waals surface area contributed by atoms with Crippen molar-refractivity contribution in [2.75, 3.05) is 4.90 Å². The summed E-state index contributed by atoms with van der Waals surface area (Å²) in [6, 6.07) is 2.54. The zero-order valence-corrected chi connectivity index (χ0v) is 13.4. The largest absolute Gasteiger partial charge is 0.465 e. The van der Waals surface area contributed by atoms with Gasteiger partial charge in [0.1, 0.15) is 5.69 Å². The van der Waals surface area contributed by atoms with Crippen LogP contribution in [0.15, 0.2) is 24.4 Å². The molecule has 0 fully saturated rings. The van der Waals surface area contributed by atoms with Gasteiger partial charge in [-0.25, -0.2) is 18.3 Å². The van der Waals surface area contributed by atoms with Gasteiger partial charge in [-0.3, -0.25) is 4.90 Å². The fourth-order valence-corrected chi connectivity index (χ4v) is 2.38. The number of anilines is 1. The lowest BCUT2D eigenvalue weighted by atomic mass is 10.1. The first kappa shape index (κ1) is 18.7. The number of alkyl halides is 3. The van der Waals surface area contributed by atoms with E-state index in [-0.39, 0.29) is 4.68 Å². The topological polar surface area (TPSA) is 58.4 Å². The Kier molecular flexibility index (Phi) is 4.49. The van der Waals surface area contributed by atoms with Gasteiger partial charge >= 0.3 is 12.3 Å². The van der Waals surface area contributed by atoms with Crippen LogP contribution in [-0.2, 0) is 6.18 Å². The number of nitrogens with zero attached hydrogens (tertiary/aromatic N) is 3. The maximum Gasteiger partial charge on any atom is 0.435 e. The van der Waals surface area contributed by atoms with Crippen molar-refractivity contribution in [1.29, 1.82) is 0 Å². The summed E-state index contributed by atoms with van der Waals surface area (Å²) in [6.07, 6.45) is -6.15. The zero-order chi connectivity index (χ0) is 19.2. The number of aromatic nitrogens is 2. The number of hydrogen-bond acceptors (Lipinski definition) is 2. The van der Waals surface area contributed by atoms with Crippen LogP contribution in [0.25, 0.3) is 5.69 Å². The smallest absolute Gasteiger partial charge is 0.435 e. The molecule has 2 aromatic rings. The molecule has 1 aromatic heterocycles. The molecule has 1 N–H and O–H groups in total. The van der Waals surface area contributed by atoms with E-state index in [4.69, 9.17) is 0 Å². The summed E-state index contributed by atoms with van der Waals surface area (Å²) in [5.74, 6) is -2.53. The summed E-state index contributed by atoms with van der Waals surface area (Å²) in [7, 11) is 0. The Morgan fingerprint density at radius 2 is 1.68 bits per heavy atom. The van der Waals surface area contributed by atoms with E-state index >= 15 is 0 Å². The molecule has 0 bridgehead atoms. The first-order chi connectivity index (χ1) is 11.4. The van der Waals surface area contributed by atoms with Crippen LogP contribution in [0, 0.1) is 11.6 Å². The predicted octanol–water partition coefficient (Wildman–Crippen LogP) is 4.45. The molecule has 0 aliphatic heterocycles. The molecule has 25 heavy (non-hydrogen) atoms. The van der Waals surface area contributed by atoms with Crippen molar-refractivity contribution in [1.82, 2.24) is 9.78 Å². The monoisotopic (exact) mass is 363 g/mol. The third-order valence-corrected chi connectivity index (χ3v) is 3.27. The van der Waals surface area contributed by atoms with E-state index in [1.54, 1.807) is 0 Å². The molecule has 1 heterocycles. The minimum atomic E-state index is -5.11. The average molecular weight is 363 g/mol. The summed E-state index contributed by atoms with van der Waals surface area (Å²) < 4.78 is 68.6. The molecule has 0 radical (unpaired) electrons. The molecule has 136 valence electrons. The van der Waals surface area contributed by atoms with Crippen molar-refractivity contribution in [3.8, 4) is 5.69 Å². The standard InChI is InChI=1S/C15H14F5N3O2/c1-14(2,3)22(13(24)25)10-7-21-23(12(10)15(18,19)20)11-8(16)5-4-6-9(11)17/h4-7H,1-3H3,(H,24,25). The van der Waals surface area contributed by atoms with Crippen molar-refractivity contribution >= 4 is 11.8 Å². The maximum absolute atomic E-state index is 13.9. The summed E-state index contributed by atoms with van der Waals surface area (Å²) in [5.41, 5.74) is -4.71. The molecule has 5 nitrogen and oxygen atoms in total. The van der Waals surface area contributed by atoms with Gasteiger partial charge in [0.2, 0.25) is 0 Å². The molecule has 2 rings (SSSR count). The Balaban J connectivity index is 2.83. The van der Waals surface area contributed by atoms with E-state index in [9.17, 15) is 31.9 Å². The van der Waals surface area contributed by atoms with E-state index in [2.05, 4.69) is 5.10 Å². The van der Waals surface area contributed by atoms with E-state index in [1.165, 1.54) is 20.8 Å². The number of carbonyl (C=O) groups is 1. The molecule has 0 saturated heterocycles. The van der Waals surface area contributed by atoms with Gasteiger partial charge < -0.3 is 5.11 Å². The minimum absolute atomic E-state index is 0.0294. The fraction of sp³-hybridized carbons (Fsp3) is 0.333. The SMILES string of the molecule is CC(C)(C)N(C(=O)O)c1cnn(-c2c(F)cccc2F)c1C(F)(F)F. The number of hydrogen-bond donors (Lipinski definition) is 1. The predicted molar refractivity (Wildman–Crippen MR) is 78.7 cm³/mol. The van der Waals surface area contributed by atoms with Crippen molar-refractivity contribution in [2.24, 2.45) is 0 Å². The highest BCUT2D eigenvalue weighted by Crippen LogP contribution is 2.40. The zero-order valence-electron chi connectivity index (χ0n) is 13.4. The van der Waals surface area contributed by atoms with Gasteiger partial charge in [-0.15, -0.1) is 0 Å². The molecule has 0 atom stereocenters. The van der Waals surface area contributed by atoms with Gasteiger partial charge in [-0.05, 0) is 32.9 Å². The highest BCUT2D eigenvalue weighted by atomic mass is 19.4. The van der Waals surface area contributed by atoms with Crippen LogP contribution in [0.4, 0.5) is 32.4 Å². The molecule has 0 saturated carbocycles. The van der Waals surface area contributed by atoms with Gasteiger partial charge in [0, 0.05) is 5.54 Å². The highest BCUT2D eigenvalue weighted by Gasteiger charge is 2.44. The van der Waals surface area contributed by atoms with E-state index < -0.39 is 46.5 Å². The van der Waals surface area contributed by atoms with Crippen LogP contribution >= 0.6 is 0 Å². The van der Waals surface area contributed by atoms with Gasteiger partial charge in [0.25, 0.3) is 0 Å². The van der Waals surface area contributed by atoms with Crippen molar-refractivity contribution in [3.05, 3.63) is 41.7 Å². The molecule has 0 aliphatic rings. The van der Waals surface area contributed by atoms with Crippen molar-refractivity contribution in [2.45, 2.75) is 32.5 Å². The number of rotatable bonds is 2. The Labute approximate surface area is 139 Å². The minimum Gasteiger partial charge on any atom is -0.465 e. The van der Waals surface area contributed by atoms with Gasteiger partial charge in [-0.2, -0.15) is 18.3 Å². The Morgan fingerprint density at radius 3 is 2.08 bits per heavy atom. The summed E-state index contributed by atoms with van der Waals surface area (Å²) in [6.45, 7) is 4.13. The number of benzene rings is 1. The first-order valence-electron chi connectivity index (χ1n) is 6.98. The maximum atomic E-state index is 13.9. The number of para-hydroxylation sites is 1. The van der Waals surface area contributed by atoms with E-state index in [0.717, 1.165) is 18.2 Å². The molecule has 10 heteroatoms. The third-order valence-electron chi connectivity index (χ3n) is 3.27. The molecular weight excluding hydrogens is 349 g/mol. The quantitative estimate of drug-likeness (QED) is 0.802. The normalized spacial score (nSPS) is 12.3. The number of halogens is 5. The van der Waals surface area contributed by atoms with Gasteiger partial charge in [-0.1, -0.05) is 6.07 Å². The lowest BCUT2D eigenvalue weighted by Gasteiger charge is -2.33. The number of amides is 1. The first-order valence-corrected chi connectivity index (χ1v) is 6.98. The second kappa shape index (κ2) is 6.01. The average Bonchev–Trinajstić information content (AvgIpc) is 2.80. The Morgan fingerprint density at radius 1 is 1.16 bits per heavy atom. The van der Waals surface area contributed by atoms with Crippen LogP contribution in [-0.4, -0.2) is 26.5 Å². The second-order valence-electron chi connectivity index (χ2n) is 6.15. The molecular formula is C15H14F5N3O2. The van der Waals surface area contributed by atoms with E-state index in [0.29, 0.717) is 11.1 Å². The van der Waals surface area contributed by atoms with E-state index in [1.807, 2.05) is 0 Å². The van der Waals surface area contributed by atoms with Crippen molar-refractivity contribution in [3.63, 3.8) is 0 Å². The lowest BCUT2D eigenvalue weighted by Crippen LogP contribution is -2.46. The second-order valence-corrected chi connectivity index (χ2v) is 6.15. The highest BCUT2D eigenvalue weighted by molar-refractivity contribution is 5.88. The van der Waals surface area contributed by atoms with Crippen molar-refractivity contribution < 1.29 is 31.9 Å². The fourth-order valence-electron chi connectivity index (χ4n) is 2.38. The van der Waals surface area contributed by atoms with Crippen LogP contribution in [0.5, 0.6) is 0 Å². The number of carboxylic acid groups (broad SMARTS) is 1. The lowest BCUT2D eigenvalue weighted by molar-refractivity contribution is -0.142. The van der Waals surface area contributed by atoms with Crippen LogP contribution in [0.3, 0.4) is 0 Å². The Bertz CT molecular complexity index is 788. The van der Waals surface area contributed by atoms with Gasteiger partial charge in [0.05, 0.1) is 11.9 Å². The Hall–Kier alpha value is -2.65. The molecule has 1 aromatic carbocycles. The van der Waals surface area contributed by atoms with Crippen LogP contribution < -0.4 is 4.90 Å². The summed E-state index contributed by atoms with van der Waals surface area (Å²) in [4.78, 5) is 11.9. The summed E-state index contributed by atoms with van der Waals surface area (Å²) in [5, 5.41) is 12.7. The molecule has 0 spiro atoms. The third kappa shape index (κ3) is 3.42. The molecule has 0 aliphatic carbocycles. The summed E-state index contributed by atoms with van der Waals surface area (Å²) >= 11 is 0.